The Balaban J connectivity index is 2.12. The third kappa shape index (κ3) is 6.97. The summed E-state index contributed by atoms with van der Waals surface area (Å²) in [7, 11) is 0. The zero-order chi connectivity index (χ0) is 22.1. The zero-order valence-electron chi connectivity index (χ0n) is 18.5. The normalized spacial score (nSPS) is 11.9. The van der Waals surface area contributed by atoms with Crippen molar-refractivity contribution >= 4 is 11.8 Å². The van der Waals surface area contributed by atoms with Crippen molar-refractivity contribution in [2.45, 2.75) is 59.5 Å². The maximum atomic E-state index is 14.2. The van der Waals surface area contributed by atoms with Gasteiger partial charge in [-0.05, 0) is 42.9 Å². The van der Waals surface area contributed by atoms with Gasteiger partial charge in [0.05, 0.1) is 0 Å². The highest BCUT2D eigenvalue weighted by Crippen LogP contribution is 2.16. The van der Waals surface area contributed by atoms with Crippen LogP contribution in [0.2, 0.25) is 0 Å². The highest BCUT2D eigenvalue weighted by Gasteiger charge is 2.26. The number of nitrogens with zero attached hydrogens (tertiary/aromatic N) is 1. The molecule has 1 atom stereocenters. The molecule has 0 aliphatic carbocycles. The molecule has 5 heteroatoms. The first kappa shape index (κ1) is 23.6. The number of hydrogen-bond acceptors (Lipinski definition) is 2. The molecule has 2 amide bonds. The van der Waals surface area contributed by atoms with Crippen LogP contribution in [0.25, 0.3) is 0 Å². The van der Waals surface area contributed by atoms with Crippen LogP contribution >= 0.6 is 0 Å². The number of halogens is 1. The molecule has 2 aromatic rings. The molecule has 0 saturated heterocycles. The molecule has 0 bridgehead atoms. The summed E-state index contributed by atoms with van der Waals surface area (Å²) in [5.74, 6) is -0.450. The molecule has 0 aromatic heterocycles. The van der Waals surface area contributed by atoms with Crippen LogP contribution in [-0.4, -0.2) is 29.3 Å². The molecule has 0 fully saturated rings. The lowest BCUT2D eigenvalue weighted by atomic mass is 10.0. The first-order valence-electron chi connectivity index (χ1n) is 10.7. The van der Waals surface area contributed by atoms with Gasteiger partial charge in [-0.3, -0.25) is 9.59 Å². The molecule has 1 unspecified atom stereocenters. The van der Waals surface area contributed by atoms with Gasteiger partial charge in [0.2, 0.25) is 11.8 Å². The van der Waals surface area contributed by atoms with E-state index >= 15 is 0 Å². The fourth-order valence-corrected chi connectivity index (χ4v) is 3.18. The van der Waals surface area contributed by atoms with Gasteiger partial charge in [0.15, 0.2) is 0 Å². The number of aryl methyl sites for hydroxylation is 2. The lowest BCUT2D eigenvalue weighted by molar-refractivity contribution is -0.140. The van der Waals surface area contributed by atoms with Crippen LogP contribution in [0.1, 0.15) is 50.8 Å². The molecular formula is C25H33FN2O2. The molecule has 4 nitrogen and oxygen atoms in total. The molecule has 0 aliphatic heterocycles. The number of rotatable bonds is 10. The van der Waals surface area contributed by atoms with Gasteiger partial charge in [0.1, 0.15) is 11.9 Å². The van der Waals surface area contributed by atoms with E-state index < -0.39 is 6.04 Å². The summed E-state index contributed by atoms with van der Waals surface area (Å²) in [5, 5.41) is 2.88. The van der Waals surface area contributed by atoms with E-state index in [1.807, 2.05) is 26.0 Å². The quantitative estimate of drug-likeness (QED) is 0.624. The smallest absolute Gasteiger partial charge is 0.242 e. The number of benzene rings is 2. The van der Waals surface area contributed by atoms with Gasteiger partial charge in [-0.1, -0.05) is 63.2 Å². The minimum absolute atomic E-state index is 0.0660. The minimum atomic E-state index is -0.682. The molecule has 0 saturated carbocycles. The van der Waals surface area contributed by atoms with Gasteiger partial charge in [-0.15, -0.1) is 0 Å². The summed E-state index contributed by atoms with van der Waals surface area (Å²) in [5.41, 5.74) is 2.73. The summed E-state index contributed by atoms with van der Waals surface area (Å²) >= 11 is 0. The lowest BCUT2D eigenvalue weighted by Crippen LogP contribution is -2.48. The Kier molecular flexibility index (Phi) is 9.03. The molecule has 1 N–H and O–H groups in total. The molecule has 0 aliphatic rings. The Hall–Kier alpha value is -2.69. The van der Waals surface area contributed by atoms with Gasteiger partial charge >= 0.3 is 0 Å². The topological polar surface area (TPSA) is 49.4 Å². The Labute approximate surface area is 179 Å². The number of carbonyl (C=O) groups is 2. The van der Waals surface area contributed by atoms with Gasteiger partial charge < -0.3 is 10.2 Å². The third-order valence-corrected chi connectivity index (χ3v) is 5.21. The number of hydrogen-bond donors (Lipinski definition) is 1. The van der Waals surface area contributed by atoms with E-state index in [2.05, 4.69) is 24.4 Å². The SMILES string of the molecule is CCc1ccc(CCC(=O)N(Cc2ccccc2F)C(C)C(=O)NCC(C)C)cc1. The minimum Gasteiger partial charge on any atom is -0.354 e. The van der Waals surface area contributed by atoms with Crippen LogP contribution in [0.15, 0.2) is 48.5 Å². The van der Waals surface area contributed by atoms with Crippen molar-refractivity contribution in [3.63, 3.8) is 0 Å². The monoisotopic (exact) mass is 412 g/mol. The van der Waals surface area contributed by atoms with Gasteiger partial charge in [-0.25, -0.2) is 4.39 Å². The van der Waals surface area contributed by atoms with Crippen molar-refractivity contribution in [2.75, 3.05) is 6.54 Å². The van der Waals surface area contributed by atoms with Crippen LogP contribution in [0.5, 0.6) is 0 Å². The van der Waals surface area contributed by atoms with E-state index in [0.29, 0.717) is 24.4 Å². The molecule has 30 heavy (non-hydrogen) atoms. The predicted octanol–water partition coefficient (Wildman–Crippen LogP) is 4.51. The molecule has 2 rings (SSSR count). The molecular weight excluding hydrogens is 379 g/mol. The standard InChI is InChI=1S/C25H33FN2O2/c1-5-20-10-12-21(13-11-20)14-15-24(29)28(17-22-8-6-7-9-23(22)26)19(4)25(30)27-16-18(2)3/h6-13,18-19H,5,14-17H2,1-4H3,(H,27,30). The van der Waals surface area contributed by atoms with Crippen LogP contribution in [0.3, 0.4) is 0 Å². The van der Waals surface area contributed by atoms with E-state index in [1.165, 1.54) is 16.5 Å². The highest BCUT2D eigenvalue weighted by molar-refractivity contribution is 5.87. The Morgan fingerprint density at radius 2 is 1.63 bits per heavy atom. The van der Waals surface area contributed by atoms with Crippen LogP contribution in [0.4, 0.5) is 4.39 Å². The van der Waals surface area contributed by atoms with Crippen molar-refractivity contribution in [3.8, 4) is 0 Å². The molecule has 162 valence electrons. The van der Waals surface area contributed by atoms with Crippen LogP contribution in [-0.2, 0) is 29.0 Å². The fourth-order valence-electron chi connectivity index (χ4n) is 3.18. The fraction of sp³-hybridized carbons (Fsp3) is 0.440. The van der Waals surface area contributed by atoms with Gasteiger partial charge in [0, 0.05) is 25.1 Å². The van der Waals surface area contributed by atoms with Crippen molar-refractivity contribution < 1.29 is 14.0 Å². The van der Waals surface area contributed by atoms with E-state index in [4.69, 9.17) is 0 Å². The molecule has 0 spiro atoms. The number of carbonyl (C=O) groups excluding carboxylic acids is 2. The maximum Gasteiger partial charge on any atom is 0.242 e. The van der Waals surface area contributed by atoms with Crippen molar-refractivity contribution in [1.29, 1.82) is 0 Å². The van der Waals surface area contributed by atoms with E-state index in [9.17, 15) is 14.0 Å². The molecule has 2 aromatic carbocycles. The maximum absolute atomic E-state index is 14.2. The Morgan fingerprint density at radius 3 is 2.23 bits per heavy atom. The van der Waals surface area contributed by atoms with Crippen molar-refractivity contribution in [1.82, 2.24) is 10.2 Å². The largest absolute Gasteiger partial charge is 0.354 e. The summed E-state index contributed by atoms with van der Waals surface area (Å²) in [6.07, 6.45) is 1.82. The van der Waals surface area contributed by atoms with Crippen LogP contribution < -0.4 is 5.32 Å². The summed E-state index contributed by atoms with van der Waals surface area (Å²) in [4.78, 5) is 27.2. The molecule has 0 heterocycles. The average molecular weight is 413 g/mol. The second-order valence-corrected chi connectivity index (χ2v) is 8.10. The van der Waals surface area contributed by atoms with Crippen molar-refractivity contribution in [3.05, 3.63) is 71.0 Å². The third-order valence-electron chi connectivity index (χ3n) is 5.21. The number of amides is 2. The number of nitrogens with one attached hydrogen (secondary N) is 1. The lowest BCUT2D eigenvalue weighted by Gasteiger charge is -2.29. The summed E-state index contributed by atoms with van der Waals surface area (Å²) in [6.45, 7) is 8.43. The highest BCUT2D eigenvalue weighted by atomic mass is 19.1. The van der Waals surface area contributed by atoms with E-state index in [-0.39, 0.29) is 30.6 Å². The van der Waals surface area contributed by atoms with Gasteiger partial charge in [-0.2, -0.15) is 0 Å². The zero-order valence-corrected chi connectivity index (χ0v) is 18.5. The first-order valence-corrected chi connectivity index (χ1v) is 10.7. The second-order valence-electron chi connectivity index (χ2n) is 8.10. The van der Waals surface area contributed by atoms with Gasteiger partial charge in [0.25, 0.3) is 0 Å². The average Bonchev–Trinajstić information content (AvgIpc) is 2.75. The molecule has 0 radical (unpaired) electrons. The predicted molar refractivity (Wildman–Crippen MR) is 118 cm³/mol. The Morgan fingerprint density at radius 1 is 1.00 bits per heavy atom. The first-order chi connectivity index (χ1) is 14.3. The van der Waals surface area contributed by atoms with E-state index in [1.54, 1.807) is 25.1 Å². The second kappa shape index (κ2) is 11.5. The Bertz CT molecular complexity index is 833. The summed E-state index contributed by atoms with van der Waals surface area (Å²) in [6, 6.07) is 13.9. The van der Waals surface area contributed by atoms with Crippen molar-refractivity contribution in [2.24, 2.45) is 5.92 Å². The van der Waals surface area contributed by atoms with E-state index in [0.717, 1.165) is 12.0 Å². The summed E-state index contributed by atoms with van der Waals surface area (Å²) < 4.78 is 14.2. The van der Waals surface area contributed by atoms with Crippen LogP contribution in [0, 0.1) is 11.7 Å².